The van der Waals surface area contributed by atoms with Crippen LogP contribution >= 0.6 is 0 Å². The lowest BCUT2D eigenvalue weighted by Crippen LogP contribution is -2.13. The lowest BCUT2D eigenvalue weighted by atomic mass is 10.0. The minimum absolute atomic E-state index is 0.0393. The van der Waals surface area contributed by atoms with Crippen LogP contribution < -0.4 is 20.5 Å². The number of anilines is 2. The topological polar surface area (TPSA) is 91.5 Å². The maximum Gasteiger partial charge on any atom is 0.416 e. The van der Waals surface area contributed by atoms with Gasteiger partial charge in [0.2, 0.25) is 0 Å². The molecule has 0 aliphatic carbocycles. The molecule has 3 aromatic rings. The second-order valence-electron chi connectivity index (χ2n) is 7.50. The van der Waals surface area contributed by atoms with Crippen molar-refractivity contribution >= 4 is 22.4 Å². The lowest BCUT2D eigenvalue weighted by Gasteiger charge is -2.19. The quantitative estimate of drug-likeness (QED) is 0.570. The van der Waals surface area contributed by atoms with Crippen LogP contribution in [0.5, 0.6) is 11.5 Å². The van der Waals surface area contributed by atoms with E-state index in [2.05, 4.69) is 15.3 Å². The fourth-order valence-corrected chi connectivity index (χ4v) is 3.49. The average Bonchev–Trinajstić information content (AvgIpc) is 2.83. The molecule has 3 N–H and O–H groups in total. The van der Waals surface area contributed by atoms with E-state index in [0.717, 1.165) is 12.1 Å². The molecule has 32 heavy (non-hydrogen) atoms. The van der Waals surface area contributed by atoms with Gasteiger partial charge in [-0.1, -0.05) is 0 Å². The Labute approximate surface area is 182 Å². The van der Waals surface area contributed by atoms with Crippen molar-refractivity contribution in [2.75, 3.05) is 37.5 Å². The number of benzene rings is 2. The van der Waals surface area contributed by atoms with E-state index in [9.17, 15) is 13.2 Å². The highest BCUT2D eigenvalue weighted by Crippen LogP contribution is 2.37. The molecule has 1 atom stereocenters. The molecule has 10 heteroatoms. The fourth-order valence-electron chi connectivity index (χ4n) is 3.49. The van der Waals surface area contributed by atoms with Gasteiger partial charge in [0.15, 0.2) is 11.5 Å². The number of hydrogen-bond donors (Lipinski definition) is 2. The normalized spacial score (nSPS) is 15.5. The van der Waals surface area contributed by atoms with Crippen molar-refractivity contribution in [1.82, 2.24) is 9.97 Å². The van der Waals surface area contributed by atoms with E-state index >= 15 is 0 Å². The summed E-state index contributed by atoms with van der Waals surface area (Å²) in [7, 11) is 0. The molecule has 2 heterocycles. The Balaban J connectivity index is 1.72. The van der Waals surface area contributed by atoms with Gasteiger partial charge in [0.05, 0.1) is 30.3 Å². The SMILES string of the molecule is Cc1nc(NC(C)c2cc(N)cc(C(F)(F)F)c2)c2cc3c(cc2n1)OCCOCCO3. The summed E-state index contributed by atoms with van der Waals surface area (Å²) < 4.78 is 56.6. The van der Waals surface area contributed by atoms with Gasteiger partial charge in [-0.25, -0.2) is 9.97 Å². The highest BCUT2D eigenvalue weighted by atomic mass is 19.4. The molecule has 7 nitrogen and oxygen atoms in total. The Morgan fingerprint density at radius 2 is 1.66 bits per heavy atom. The summed E-state index contributed by atoms with van der Waals surface area (Å²) >= 11 is 0. The standard InChI is InChI=1S/C22H23F3N4O3/c1-12(14-7-15(22(23,24)25)9-16(26)8-14)27-21-17-10-19-20(11-18(17)28-13(2)29-21)32-6-4-30-3-5-31-19/h7-12H,3-6,26H2,1-2H3,(H,27,28,29). The van der Waals surface area contributed by atoms with Crippen LogP contribution in [0.3, 0.4) is 0 Å². The summed E-state index contributed by atoms with van der Waals surface area (Å²) in [4.78, 5) is 8.95. The predicted octanol–water partition coefficient (Wildman–Crippen LogP) is 4.50. The van der Waals surface area contributed by atoms with Crippen LogP contribution in [0.1, 0.15) is 29.9 Å². The number of nitrogens with two attached hydrogens (primary N) is 1. The molecule has 1 aromatic heterocycles. The highest BCUT2D eigenvalue weighted by molar-refractivity contribution is 5.92. The molecule has 170 valence electrons. The van der Waals surface area contributed by atoms with Gasteiger partial charge in [-0.15, -0.1) is 0 Å². The van der Waals surface area contributed by atoms with Crippen LogP contribution in [0.4, 0.5) is 24.7 Å². The summed E-state index contributed by atoms with van der Waals surface area (Å²) in [5.41, 5.74) is 5.98. The van der Waals surface area contributed by atoms with Crippen molar-refractivity contribution in [2.45, 2.75) is 26.1 Å². The van der Waals surface area contributed by atoms with Gasteiger partial charge >= 0.3 is 6.18 Å². The van der Waals surface area contributed by atoms with Gasteiger partial charge in [-0.2, -0.15) is 13.2 Å². The van der Waals surface area contributed by atoms with E-state index in [1.54, 1.807) is 26.0 Å². The minimum Gasteiger partial charge on any atom is -0.487 e. The van der Waals surface area contributed by atoms with Crippen molar-refractivity contribution in [3.8, 4) is 11.5 Å². The number of halogens is 3. The van der Waals surface area contributed by atoms with E-state index < -0.39 is 17.8 Å². The number of ether oxygens (including phenoxy) is 3. The summed E-state index contributed by atoms with van der Waals surface area (Å²) in [5.74, 6) is 2.04. The first-order valence-corrected chi connectivity index (χ1v) is 10.1. The Hall–Kier alpha value is -3.27. The first-order chi connectivity index (χ1) is 15.2. The first-order valence-electron chi connectivity index (χ1n) is 10.1. The molecule has 0 saturated heterocycles. The predicted molar refractivity (Wildman–Crippen MR) is 114 cm³/mol. The molecule has 0 spiro atoms. The number of nitrogen functional groups attached to an aromatic ring is 1. The number of hydrogen-bond acceptors (Lipinski definition) is 7. The third-order valence-corrected chi connectivity index (χ3v) is 5.00. The van der Waals surface area contributed by atoms with Gasteiger partial charge in [0, 0.05) is 17.1 Å². The van der Waals surface area contributed by atoms with E-state index in [4.69, 9.17) is 19.9 Å². The summed E-state index contributed by atoms with van der Waals surface area (Å²) in [6.07, 6.45) is -4.49. The minimum atomic E-state index is -4.49. The molecule has 0 fully saturated rings. The third-order valence-electron chi connectivity index (χ3n) is 5.00. The first kappa shape index (κ1) is 21.9. The number of nitrogens with one attached hydrogen (secondary N) is 1. The van der Waals surface area contributed by atoms with Crippen molar-refractivity contribution < 1.29 is 27.4 Å². The van der Waals surface area contributed by atoms with Gasteiger partial charge in [-0.3, -0.25) is 0 Å². The number of aryl methyl sites for hydroxylation is 1. The highest BCUT2D eigenvalue weighted by Gasteiger charge is 2.31. The second-order valence-corrected chi connectivity index (χ2v) is 7.50. The number of nitrogens with zero attached hydrogens (tertiary/aromatic N) is 2. The third kappa shape index (κ3) is 4.80. The van der Waals surface area contributed by atoms with Crippen LogP contribution in [-0.2, 0) is 10.9 Å². The van der Waals surface area contributed by atoms with Crippen LogP contribution in [-0.4, -0.2) is 36.4 Å². The van der Waals surface area contributed by atoms with Crippen molar-refractivity contribution in [1.29, 1.82) is 0 Å². The zero-order valence-electron chi connectivity index (χ0n) is 17.6. The zero-order valence-corrected chi connectivity index (χ0v) is 17.6. The largest absolute Gasteiger partial charge is 0.487 e. The van der Waals surface area contributed by atoms with E-state index in [1.807, 2.05) is 0 Å². The average molecular weight is 448 g/mol. The lowest BCUT2D eigenvalue weighted by molar-refractivity contribution is -0.137. The Morgan fingerprint density at radius 1 is 0.969 bits per heavy atom. The molecule has 0 bridgehead atoms. The molecule has 0 radical (unpaired) electrons. The van der Waals surface area contributed by atoms with Crippen molar-refractivity contribution in [3.05, 3.63) is 47.3 Å². The summed E-state index contributed by atoms with van der Waals surface area (Å²) in [6.45, 7) is 5.11. The van der Waals surface area contributed by atoms with E-state index in [1.165, 1.54) is 6.07 Å². The Morgan fingerprint density at radius 3 is 2.34 bits per heavy atom. The van der Waals surface area contributed by atoms with Crippen LogP contribution in [0.2, 0.25) is 0 Å². The summed E-state index contributed by atoms with van der Waals surface area (Å²) in [6, 6.07) is 6.54. The molecule has 2 aromatic carbocycles. The molecule has 0 saturated carbocycles. The van der Waals surface area contributed by atoms with E-state index in [0.29, 0.717) is 66.0 Å². The van der Waals surface area contributed by atoms with Gasteiger partial charge in [0.1, 0.15) is 24.9 Å². The van der Waals surface area contributed by atoms with Gasteiger partial charge < -0.3 is 25.3 Å². The Kier molecular flexibility index (Phi) is 5.96. The number of alkyl halides is 3. The van der Waals surface area contributed by atoms with Crippen molar-refractivity contribution in [2.24, 2.45) is 0 Å². The zero-order chi connectivity index (χ0) is 22.9. The van der Waals surface area contributed by atoms with E-state index in [-0.39, 0.29) is 5.69 Å². The fraction of sp³-hybridized carbons (Fsp3) is 0.364. The summed E-state index contributed by atoms with van der Waals surface area (Å²) in [5, 5.41) is 3.86. The van der Waals surface area contributed by atoms with Crippen molar-refractivity contribution in [3.63, 3.8) is 0 Å². The molecule has 1 aliphatic rings. The van der Waals surface area contributed by atoms with Crippen LogP contribution in [0.25, 0.3) is 10.9 Å². The number of aromatic nitrogens is 2. The van der Waals surface area contributed by atoms with Gasteiger partial charge in [-0.05, 0) is 43.7 Å². The molecule has 1 aliphatic heterocycles. The van der Waals surface area contributed by atoms with Crippen LogP contribution in [0.15, 0.2) is 30.3 Å². The number of fused-ring (bicyclic) bond motifs is 2. The Bertz CT molecular complexity index is 1140. The molecule has 1 unspecified atom stereocenters. The molecule has 0 amide bonds. The number of rotatable bonds is 3. The maximum absolute atomic E-state index is 13.2. The molecular formula is C22H23F3N4O3. The smallest absolute Gasteiger partial charge is 0.416 e. The molecule has 4 rings (SSSR count). The maximum atomic E-state index is 13.2. The van der Waals surface area contributed by atoms with Gasteiger partial charge in [0.25, 0.3) is 0 Å². The second kappa shape index (κ2) is 8.70. The monoisotopic (exact) mass is 448 g/mol. The van der Waals surface area contributed by atoms with Crippen LogP contribution in [0, 0.1) is 6.92 Å². The molecular weight excluding hydrogens is 425 g/mol.